The van der Waals surface area contributed by atoms with Gasteiger partial charge >= 0.3 is 0 Å². The molecule has 0 radical (unpaired) electrons. The van der Waals surface area contributed by atoms with Gasteiger partial charge in [-0.25, -0.2) is 0 Å². The molecule has 0 bridgehead atoms. The molecular weight excluding hydrogens is 744 g/mol. The zero-order chi connectivity index (χ0) is 43.6. The number of ether oxygens (including phenoxy) is 1. The largest absolute Gasteiger partial charge is 0.457 e. The predicted molar refractivity (Wildman–Crippen MR) is 245 cm³/mol. The van der Waals surface area contributed by atoms with Gasteiger partial charge < -0.3 is 18.6 Å². The minimum Gasteiger partial charge on any atom is -0.457 e. The molecule has 9 aromatic carbocycles. The average Bonchev–Trinajstić information content (AvgIpc) is 3.86. The van der Waals surface area contributed by atoms with Crippen molar-refractivity contribution in [1.82, 2.24) is 4.57 Å². The second-order valence-electron chi connectivity index (χ2n) is 14.3. The fourth-order valence-corrected chi connectivity index (χ4v) is 8.43. The van der Waals surface area contributed by atoms with Gasteiger partial charge in [0.25, 0.3) is 0 Å². The van der Waals surface area contributed by atoms with Crippen LogP contribution < -0.4 is 9.64 Å². The van der Waals surface area contributed by atoms with Crippen molar-refractivity contribution in [3.8, 4) is 39.4 Å². The summed E-state index contributed by atoms with van der Waals surface area (Å²) in [6.45, 7) is 0. The highest BCUT2D eigenvalue weighted by Gasteiger charge is 2.22. The van der Waals surface area contributed by atoms with E-state index >= 15 is 0 Å². The molecule has 11 rings (SSSR count). The smallest absolute Gasteiger partial charge is 0.141 e. The SMILES string of the molecule is [2H]c1c([2H])c([2H])c(-c2cc(Oc3cc(-n4c5ccccc5c5ccccc54)c4c(c3)oc3ccccc34)cc(N(c3cccc(Cl)c3)c3ccccc3-c3ccccc3)c2)c([2H])c1[2H]. The van der Waals surface area contributed by atoms with Crippen LogP contribution in [0.15, 0.2) is 217 Å². The highest BCUT2D eigenvalue weighted by atomic mass is 35.5. The topological polar surface area (TPSA) is 30.5 Å². The monoisotopic (exact) mass is 783 g/mol. The lowest BCUT2D eigenvalue weighted by atomic mass is 10.0. The van der Waals surface area contributed by atoms with E-state index in [1.165, 1.54) is 0 Å². The molecule has 5 heteroatoms. The van der Waals surface area contributed by atoms with Crippen LogP contribution >= 0.6 is 11.6 Å². The quantitative estimate of drug-likeness (QED) is 0.154. The van der Waals surface area contributed by atoms with Crippen LogP contribution in [0.25, 0.3) is 71.7 Å². The Hall–Kier alpha value is -7.53. The Morgan fingerprint density at radius 2 is 1.19 bits per heavy atom. The molecule has 0 aliphatic rings. The van der Waals surface area contributed by atoms with Crippen LogP contribution in [0.2, 0.25) is 5.02 Å². The Bertz CT molecular complexity index is 3560. The molecule has 280 valence electrons. The summed E-state index contributed by atoms with van der Waals surface area (Å²) in [5.74, 6) is 0.818. The number of rotatable bonds is 8. The summed E-state index contributed by atoms with van der Waals surface area (Å²) < 4.78 is 59.6. The summed E-state index contributed by atoms with van der Waals surface area (Å²) in [5.41, 5.74) is 8.72. The maximum Gasteiger partial charge on any atom is 0.141 e. The standard InChI is InChI=1S/C54H35ClN2O2/c55-39-20-15-21-40(32-39)56(48-26-11-7-22-44(48)37-18-5-2-6-19-37)41-30-38(36-16-3-1-4-17-36)31-42(33-41)58-43-34-51(54-47-25-10-14-29-52(47)59-53(54)35-43)57-49-27-12-8-23-45(49)46-24-9-13-28-50(46)57/h1-35H/i1D,3D,4D,16D,17D. The van der Waals surface area contributed by atoms with Crippen molar-refractivity contribution in [2.45, 2.75) is 0 Å². The second-order valence-corrected chi connectivity index (χ2v) is 14.7. The van der Waals surface area contributed by atoms with Gasteiger partial charge in [0, 0.05) is 50.6 Å². The Balaban J connectivity index is 1.18. The van der Waals surface area contributed by atoms with Gasteiger partial charge in [-0.1, -0.05) is 151 Å². The van der Waals surface area contributed by atoms with Crippen LogP contribution in [-0.2, 0) is 0 Å². The first-order valence-corrected chi connectivity index (χ1v) is 19.7. The summed E-state index contributed by atoms with van der Waals surface area (Å²) in [5, 5.41) is 4.62. The number of aromatic nitrogens is 1. The molecule has 0 saturated carbocycles. The number of nitrogens with zero attached hydrogens (tertiary/aromatic N) is 2. The van der Waals surface area contributed by atoms with Gasteiger partial charge in [0.05, 0.1) is 40.3 Å². The van der Waals surface area contributed by atoms with Crippen molar-refractivity contribution in [1.29, 1.82) is 0 Å². The van der Waals surface area contributed by atoms with E-state index in [4.69, 9.17) is 27.6 Å². The van der Waals surface area contributed by atoms with E-state index in [1.54, 1.807) is 6.07 Å². The molecule has 0 atom stereocenters. The average molecular weight is 784 g/mol. The van der Waals surface area contributed by atoms with Crippen molar-refractivity contribution in [2.75, 3.05) is 4.90 Å². The van der Waals surface area contributed by atoms with E-state index in [2.05, 4.69) is 53.1 Å². The van der Waals surface area contributed by atoms with Gasteiger partial charge in [-0.2, -0.15) is 0 Å². The van der Waals surface area contributed by atoms with Gasteiger partial charge in [-0.3, -0.25) is 0 Å². The maximum atomic E-state index is 9.07. The molecule has 59 heavy (non-hydrogen) atoms. The van der Waals surface area contributed by atoms with E-state index in [0.717, 1.165) is 66.4 Å². The van der Waals surface area contributed by atoms with Crippen molar-refractivity contribution in [3.63, 3.8) is 0 Å². The first-order chi connectivity index (χ1) is 31.2. The molecule has 2 aromatic heterocycles. The minimum atomic E-state index is -0.472. The Kier molecular flexibility index (Phi) is 7.26. The number of hydrogen-bond donors (Lipinski definition) is 0. The van der Waals surface area contributed by atoms with Gasteiger partial charge in [-0.05, 0) is 71.3 Å². The van der Waals surface area contributed by atoms with E-state index in [0.29, 0.717) is 33.4 Å². The third-order valence-corrected chi connectivity index (χ3v) is 11.0. The Labute approximate surface area is 353 Å². The van der Waals surface area contributed by atoms with E-state index in [9.17, 15) is 0 Å². The molecule has 2 heterocycles. The van der Waals surface area contributed by atoms with Gasteiger partial charge in [0.1, 0.15) is 22.7 Å². The van der Waals surface area contributed by atoms with E-state index in [1.807, 2.05) is 132 Å². The number of furan rings is 1. The molecular formula is C54H35ClN2O2. The Morgan fingerprint density at radius 3 is 1.97 bits per heavy atom. The number of halogens is 1. The highest BCUT2D eigenvalue weighted by molar-refractivity contribution is 6.31. The Morgan fingerprint density at radius 1 is 0.508 bits per heavy atom. The van der Waals surface area contributed by atoms with Gasteiger partial charge in [0.15, 0.2) is 0 Å². The second kappa shape index (κ2) is 14.4. The minimum absolute atomic E-state index is 0.0406. The van der Waals surface area contributed by atoms with Crippen LogP contribution in [0.1, 0.15) is 6.85 Å². The summed E-state index contributed by atoms with van der Waals surface area (Å²) in [7, 11) is 0. The third-order valence-electron chi connectivity index (χ3n) is 10.7. The summed E-state index contributed by atoms with van der Waals surface area (Å²) in [6.07, 6.45) is 0. The van der Waals surface area contributed by atoms with Crippen LogP contribution in [0.5, 0.6) is 11.5 Å². The number of para-hydroxylation sites is 4. The van der Waals surface area contributed by atoms with Gasteiger partial charge in [-0.15, -0.1) is 0 Å². The molecule has 0 spiro atoms. The first-order valence-electron chi connectivity index (χ1n) is 21.8. The highest BCUT2D eigenvalue weighted by Crippen LogP contribution is 2.46. The van der Waals surface area contributed by atoms with Crippen molar-refractivity contribution < 1.29 is 16.0 Å². The third kappa shape index (κ3) is 6.18. The number of benzene rings is 9. The molecule has 4 nitrogen and oxygen atoms in total. The maximum absolute atomic E-state index is 9.07. The number of fused-ring (bicyclic) bond motifs is 6. The fourth-order valence-electron chi connectivity index (χ4n) is 8.24. The molecule has 0 fully saturated rings. The lowest BCUT2D eigenvalue weighted by Gasteiger charge is -2.29. The van der Waals surface area contributed by atoms with Crippen LogP contribution in [-0.4, -0.2) is 4.57 Å². The molecule has 0 aliphatic carbocycles. The summed E-state index contributed by atoms with van der Waals surface area (Å²) in [6, 6.07) is 57.6. The predicted octanol–water partition coefficient (Wildman–Crippen LogP) is 15.9. The molecule has 0 N–H and O–H groups in total. The van der Waals surface area contributed by atoms with Crippen molar-refractivity contribution in [3.05, 3.63) is 217 Å². The van der Waals surface area contributed by atoms with Crippen molar-refractivity contribution >= 4 is 72.4 Å². The number of hydrogen-bond acceptors (Lipinski definition) is 3. The zero-order valence-electron chi connectivity index (χ0n) is 36.4. The van der Waals surface area contributed by atoms with Gasteiger partial charge in [0.2, 0.25) is 0 Å². The molecule has 0 aliphatic heterocycles. The van der Waals surface area contributed by atoms with Crippen LogP contribution in [0.3, 0.4) is 0 Å². The zero-order valence-corrected chi connectivity index (χ0v) is 32.2. The van der Waals surface area contributed by atoms with E-state index in [-0.39, 0.29) is 17.6 Å². The molecule has 11 aromatic rings. The normalized spacial score (nSPS) is 12.7. The number of anilines is 3. The lowest BCUT2D eigenvalue weighted by molar-refractivity contribution is 0.482. The summed E-state index contributed by atoms with van der Waals surface area (Å²) >= 11 is 6.71. The van der Waals surface area contributed by atoms with Crippen molar-refractivity contribution in [2.24, 2.45) is 0 Å². The molecule has 0 unspecified atom stereocenters. The molecule has 0 saturated heterocycles. The van der Waals surface area contributed by atoms with Crippen LogP contribution in [0.4, 0.5) is 17.1 Å². The summed E-state index contributed by atoms with van der Waals surface area (Å²) in [4.78, 5) is 2.05. The molecule has 0 amide bonds. The fraction of sp³-hybridized carbons (Fsp3) is 0. The first kappa shape index (κ1) is 29.7. The van der Waals surface area contributed by atoms with E-state index < -0.39 is 18.1 Å². The van der Waals surface area contributed by atoms with Crippen LogP contribution in [0, 0.1) is 0 Å². The lowest BCUT2D eigenvalue weighted by Crippen LogP contribution is -2.11.